The van der Waals surface area contributed by atoms with Crippen molar-refractivity contribution < 1.29 is 9.47 Å². The first kappa shape index (κ1) is 21.4. The molecule has 1 aromatic heterocycles. The van der Waals surface area contributed by atoms with Crippen molar-refractivity contribution in [2.24, 2.45) is 0 Å². The summed E-state index contributed by atoms with van der Waals surface area (Å²) in [7, 11) is 3.30. The summed E-state index contributed by atoms with van der Waals surface area (Å²) in [5.74, 6) is 3.15. The molecule has 0 bridgehead atoms. The first-order chi connectivity index (χ1) is 14.3. The largest absolute Gasteiger partial charge is 0.497 e. The van der Waals surface area contributed by atoms with Gasteiger partial charge in [-0.3, -0.25) is 0 Å². The SMILES string of the molecule is COc1ccc(OC)c(C(C)Nc2nc(C)nc(Nc3c(C)cc(C)cc3C)n2)c1. The Balaban J connectivity index is 1.88. The molecule has 158 valence electrons. The molecule has 0 amide bonds. The lowest BCUT2D eigenvalue weighted by molar-refractivity contribution is 0.397. The Labute approximate surface area is 177 Å². The lowest BCUT2D eigenvalue weighted by Crippen LogP contribution is -2.13. The summed E-state index contributed by atoms with van der Waals surface area (Å²) in [6, 6.07) is 9.88. The van der Waals surface area contributed by atoms with E-state index in [9.17, 15) is 0 Å². The average molecular weight is 408 g/mol. The Morgan fingerprint density at radius 3 is 2.13 bits per heavy atom. The average Bonchev–Trinajstić information content (AvgIpc) is 2.69. The predicted octanol–water partition coefficient (Wildman–Crippen LogP) is 5.04. The van der Waals surface area contributed by atoms with Crippen LogP contribution in [0.25, 0.3) is 0 Å². The number of ether oxygens (including phenoxy) is 2. The summed E-state index contributed by atoms with van der Waals surface area (Å²) in [5, 5.41) is 6.71. The van der Waals surface area contributed by atoms with Crippen molar-refractivity contribution in [2.45, 2.75) is 40.7 Å². The fourth-order valence-corrected chi connectivity index (χ4v) is 3.54. The quantitative estimate of drug-likeness (QED) is 0.568. The molecule has 0 radical (unpaired) electrons. The molecule has 0 saturated carbocycles. The normalized spacial score (nSPS) is 11.7. The molecular formula is C23H29N5O2. The third-order valence-electron chi connectivity index (χ3n) is 4.91. The molecule has 2 aromatic carbocycles. The first-order valence-corrected chi connectivity index (χ1v) is 9.86. The van der Waals surface area contributed by atoms with Gasteiger partial charge in [0.15, 0.2) is 0 Å². The van der Waals surface area contributed by atoms with Crippen molar-refractivity contribution >= 4 is 17.6 Å². The van der Waals surface area contributed by atoms with Crippen LogP contribution in [0.1, 0.15) is 41.0 Å². The van der Waals surface area contributed by atoms with Gasteiger partial charge < -0.3 is 20.1 Å². The number of aryl methyl sites for hydroxylation is 4. The van der Waals surface area contributed by atoms with Crippen LogP contribution in [-0.2, 0) is 0 Å². The van der Waals surface area contributed by atoms with E-state index in [0.29, 0.717) is 17.7 Å². The highest BCUT2D eigenvalue weighted by Gasteiger charge is 2.15. The predicted molar refractivity (Wildman–Crippen MR) is 120 cm³/mol. The summed E-state index contributed by atoms with van der Waals surface area (Å²) in [6.45, 7) is 10.1. The number of nitrogens with zero attached hydrogens (tertiary/aromatic N) is 3. The Kier molecular flexibility index (Phi) is 6.40. The zero-order valence-electron chi connectivity index (χ0n) is 18.6. The van der Waals surface area contributed by atoms with Gasteiger partial charge in [0.2, 0.25) is 11.9 Å². The third kappa shape index (κ3) is 4.79. The summed E-state index contributed by atoms with van der Waals surface area (Å²) in [4.78, 5) is 13.5. The second-order valence-corrected chi connectivity index (χ2v) is 7.40. The molecule has 0 aliphatic rings. The molecule has 7 heteroatoms. The van der Waals surface area contributed by atoms with Crippen LogP contribution in [0.5, 0.6) is 11.5 Å². The Hall–Kier alpha value is -3.35. The minimum absolute atomic E-state index is 0.104. The highest BCUT2D eigenvalue weighted by atomic mass is 16.5. The van der Waals surface area contributed by atoms with Crippen LogP contribution in [0.2, 0.25) is 0 Å². The number of aromatic nitrogens is 3. The third-order valence-corrected chi connectivity index (χ3v) is 4.91. The fourth-order valence-electron chi connectivity index (χ4n) is 3.54. The zero-order valence-corrected chi connectivity index (χ0v) is 18.6. The van der Waals surface area contributed by atoms with Crippen molar-refractivity contribution in [3.05, 3.63) is 58.4 Å². The summed E-state index contributed by atoms with van der Waals surface area (Å²) in [6.07, 6.45) is 0. The maximum absolute atomic E-state index is 5.51. The second kappa shape index (κ2) is 8.98. The molecule has 7 nitrogen and oxygen atoms in total. The van der Waals surface area contributed by atoms with Crippen molar-refractivity contribution in [2.75, 3.05) is 24.9 Å². The first-order valence-electron chi connectivity index (χ1n) is 9.86. The molecule has 0 aliphatic carbocycles. The van der Waals surface area contributed by atoms with E-state index in [0.717, 1.165) is 33.9 Å². The summed E-state index contributed by atoms with van der Waals surface area (Å²) < 4.78 is 10.9. The van der Waals surface area contributed by atoms with Gasteiger partial charge in [-0.15, -0.1) is 0 Å². The van der Waals surface area contributed by atoms with Gasteiger partial charge in [0.25, 0.3) is 0 Å². The van der Waals surface area contributed by atoms with Gasteiger partial charge in [-0.05, 0) is 63.9 Å². The van der Waals surface area contributed by atoms with Gasteiger partial charge in [-0.1, -0.05) is 17.7 Å². The lowest BCUT2D eigenvalue weighted by atomic mass is 10.1. The molecule has 0 aliphatic heterocycles. The molecule has 0 spiro atoms. The molecular weight excluding hydrogens is 378 g/mol. The maximum Gasteiger partial charge on any atom is 0.232 e. The van der Waals surface area contributed by atoms with Crippen LogP contribution < -0.4 is 20.1 Å². The van der Waals surface area contributed by atoms with Crippen molar-refractivity contribution in [3.63, 3.8) is 0 Å². The van der Waals surface area contributed by atoms with Gasteiger partial charge in [-0.2, -0.15) is 15.0 Å². The molecule has 3 rings (SSSR count). The Bertz CT molecular complexity index is 1030. The topological polar surface area (TPSA) is 81.2 Å². The molecule has 1 heterocycles. The van der Waals surface area contributed by atoms with Gasteiger partial charge in [0.1, 0.15) is 17.3 Å². The van der Waals surface area contributed by atoms with Gasteiger partial charge in [-0.25, -0.2) is 0 Å². The number of hydrogen-bond acceptors (Lipinski definition) is 7. The van der Waals surface area contributed by atoms with E-state index in [1.165, 1.54) is 5.56 Å². The van der Waals surface area contributed by atoms with Gasteiger partial charge in [0, 0.05) is 11.3 Å². The molecule has 2 N–H and O–H groups in total. The molecule has 0 fully saturated rings. The van der Waals surface area contributed by atoms with Crippen LogP contribution in [0.15, 0.2) is 30.3 Å². The van der Waals surface area contributed by atoms with Crippen molar-refractivity contribution in [1.82, 2.24) is 15.0 Å². The van der Waals surface area contributed by atoms with Crippen LogP contribution in [-0.4, -0.2) is 29.2 Å². The Morgan fingerprint density at radius 2 is 1.50 bits per heavy atom. The van der Waals surface area contributed by atoms with E-state index in [1.807, 2.05) is 32.0 Å². The number of methoxy groups -OCH3 is 2. The van der Waals surface area contributed by atoms with E-state index in [4.69, 9.17) is 9.47 Å². The van der Waals surface area contributed by atoms with Crippen molar-refractivity contribution in [1.29, 1.82) is 0 Å². The number of hydrogen-bond donors (Lipinski definition) is 2. The zero-order chi connectivity index (χ0) is 21.8. The van der Waals surface area contributed by atoms with Gasteiger partial charge in [0.05, 0.1) is 20.3 Å². The molecule has 1 atom stereocenters. The fraction of sp³-hybridized carbons (Fsp3) is 0.348. The minimum Gasteiger partial charge on any atom is -0.497 e. The minimum atomic E-state index is -0.104. The van der Waals surface area contributed by atoms with Crippen LogP contribution in [0, 0.1) is 27.7 Å². The van der Waals surface area contributed by atoms with Crippen LogP contribution in [0.3, 0.4) is 0 Å². The second-order valence-electron chi connectivity index (χ2n) is 7.40. The molecule has 3 aromatic rings. The number of benzene rings is 2. The Morgan fingerprint density at radius 1 is 0.833 bits per heavy atom. The van der Waals surface area contributed by atoms with Crippen molar-refractivity contribution in [3.8, 4) is 11.5 Å². The smallest absolute Gasteiger partial charge is 0.232 e. The van der Waals surface area contributed by atoms with E-state index in [1.54, 1.807) is 14.2 Å². The molecule has 1 unspecified atom stereocenters. The number of anilines is 3. The summed E-state index contributed by atoms with van der Waals surface area (Å²) >= 11 is 0. The standard InChI is InChI=1S/C23H29N5O2/c1-13-10-14(2)21(15(3)11-13)27-23-26-17(5)25-22(28-23)24-16(4)19-12-18(29-6)8-9-20(19)30-7/h8-12,16H,1-7H3,(H2,24,25,26,27,28). The molecule has 0 saturated heterocycles. The van der Waals surface area contributed by atoms with Crippen LogP contribution >= 0.6 is 0 Å². The van der Waals surface area contributed by atoms with Crippen LogP contribution in [0.4, 0.5) is 17.6 Å². The maximum atomic E-state index is 5.51. The molecule has 30 heavy (non-hydrogen) atoms. The van der Waals surface area contributed by atoms with Gasteiger partial charge >= 0.3 is 0 Å². The van der Waals surface area contributed by atoms with E-state index in [-0.39, 0.29) is 6.04 Å². The monoisotopic (exact) mass is 407 g/mol. The number of rotatable bonds is 7. The lowest BCUT2D eigenvalue weighted by Gasteiger charge is -2.19. The van der Waals surface area contributed by atoms with E-state index < -0.39 is 0 Å². The van der Waals surface area contributed by atoms with E-state index >= 15 is 0 Å². The highest BCUT2D eigenvalue weighted by molar-refractivity contribution is 5.64. The summed E-state index contributed by atoms with van der Waals surface area (Å²) in [5.41, 5.74) is 5.49. The number of nitrogens with one attached hydrogen (secondary N) is 2. The van der Waals surface area contributed by atoms with E-state index in [2.05, 4.69) is 58.5 Å². The highest BCUT2D eigenvalue weighted by Crippen LogP contribution is 2.31.